The molecule has 0 bridgehead atoms. The third kappa shape index (κ3) is 4.37. The summed E-state index contributed by atoms with van der Waals surface area (Å²) in [5, 5.41) is 7.43. The van der Waals surface area contributed by atoms with Gasteiger partial charge in [-0.25, -0.2) is 13.4 Å². The van der Waals surface area contributed by atoms with Gasteiger partial charge >= 0.3 is 0 Å². The fraction of sp³-hybridized carbons (Fsp3) is 0.478. The van der Waals surface area contributed by atoms with Crippen molar-refractivity contribution in [3.8, 4) is 5.75 Å². The lowest BCUT2D eigenvalue weighted by molar-refractivity contribution is -0.120. The zero-order valence-electron chi connectivity index (χ0n) is 18.9. The van der Waals surface area contributed by atoms with Gasteiger partial charge in [-0.05, 0) is 50.2 Å². The van der Waals surface area contributed by atoms with E-state index in [0.717, 1.165) is 12.8 Å². The molecule has 1 saturated heterocycles. The molecule has 1 atom stereocenters. The minimum Gasteiger partial charge on any atom is -0.495 e. The Balaban J connectivity index is 1.57. The predicted molar refractivity (Wildman–Crippen MR) is 124 cm³/mol. The van der Waals surface area contributed by atoms with E-state index in [0.29, 0.717) is 54.9 Å². The van der Waals surface area contributed by atoms with Gasteiger partial charge in [-0.3, -0.25) is 14.5 Å². The van der Waals surface area contributed by atoms with Gasteiger partial charge in [-0.1, -0.05) is 0 Å². The van der Waals surface area contributed by atoms with Crippen molar-refractivity contribution in [2.24, 2.45) is 5.92 Å². The number of nitrogens with zero attached hydrogens (tertiary/aromatic N) is 4. The Morgan fingerprint density at radius 2 is 2.00 bits per heavy atom. The number of carbonyl (C=O) groups excluding carboxylic acids is 1. The fourth-order valence-corrected chi connectivity index (χ4v) is 6.50. The molecule has 2 fully saturated rings. The van der Waals surface area contributed by atoms with Crippen molar-refractivity contribution in [1.82, 2.24) is 19.7 Å². The molecule has 5 rings (SSSR count). The van der Waals surface area contributed by atoms with Crippen molar-refractivity contribution in [3.05, 3.63) is 36.9 Å². The number of sulfone groups is 1. The number of fused-ring (bicyclic) bond motifs is 1. The number of ether oxygens (including phenoxy) is 2. The summed E-state index contributed by atoms with van der Waals surface area (Å²) in [6.45, 7) is 1.31. The molecule has 11 heteroatoms. The van der Waals surface area contributed by atoms with E-state index in [1.807, 2.05) is 0 Å². The number of hydrogen-bond donors (Lipinski definition) is 1. The number of methoxy groups -OCH3 is 1. The highest BCUT2D eigenvalue weighted by Crippen LogP contribution is 2.42. The Labute approximate surface area is 197 Å². The number of amides is 1. The third-order valence-electron chi connectivity index (χ3n) is 6.47. The van der Waals surface area contributed by atoms with Crippen LogP contribution in [0.3, 0.4) is 0 Å². The van der Waals surface area contributed by atoms with Crippen molar-refractivity contribution in [2.45, 2.75) is 48.3 Å². The molecule has 1 unspecified atom stereocenters. The highest BCUT2D eigenvalue weighted by Gasteiger charge is 2.40. The van der Waals surface area contributed by atoms with Crippen LogP contribution in [0.25, 0.3) is 10.9 Å². The fourth-order valence-electron chi connectivity index (χ4n) is 4.51. The summed E-state index contributed by atoms with van der Waals surface area (Å²) in [6, 6.07) is 2.74. The normalized spacial score (nSPS) is 18.0. The topological polar surface area (TPSA) is 125 Å². The molecule has 1 aliphatic carbocycles. The van der Waals surface area contributed by atoms with Crippen molar-refractivity contribution >= 4 is 32.5 Å². The van der Waals surface area contributed by atoms with Crippen LogP contribution in [0.15, 0.2) is 41.8 Å². The summed E-state index contributed by atoms with van der Waals surface area (Å²) >= 11 is 0. The highest BCUT2D eigenvalue weighted by molar-refractivity contribution is 7.92. The van der Waals surface area contributed by atoms with Crippen molar-refractivity contribution < 1.29 is 22.7 Å². The molecule has 34 heavy (non-hydrogen) atoms. The molecule has 3 aromatic rings. The zero-order chi connectivity index (χ0) is 23.7. The van der Waals surface area contributed by atoms with Gasteiger partial charge in [0.05, 0.1) is 30.3 Å². The number of benzene rings is 1. The lowest BCUT2D eigenvalue weighted by Crippen LogP contribution is -2.30. The molecular weight excluding hydrogens is 458 g/mol. The predicted octanol–water partition coefficient (Wildman–Crippen LogP) is 2.77. The van der Waals surface area contributed by atoms with Gasteiger partial charge in [0.25, 0.3) is 0 Å². The number of rotatable bonds is 8. The van der Waals surface area contributed by atoms with Crippen LogP contribution in [0.5, 0.6) is 5.75 Å². The first-order valence-corrected chi connectivity index (χ1v) is 13.0. The van der Waals surface area contributed by atoms with Crippen molar-refractivity contribution in [1.29, 1.82) is 0 Å². The molecule has 180 valence electrons. The van der Waals surface area contributed by atoms with Crippen LogP contribution in [0.1, 0.15) is 38.1 Å². The van der Waals surface area contributed by atoms with Gasteiger partial charge in [-0.2, -0.15) is 5.10 Å². The van der Waals surface area contributed by atoms with Crippen LogP contribution in [0, 0.1) is 5.92 Å². The first-order chi connectivity index (χ1) is 16.5. The minimum absolute atomic E-state index is 0.153. The Morgan fingerprint density at radius 1 is 1.21 bits per heavy atom. The zero-order valence-corrected chi connectivity index (χ0v) is 19.7. The van der Waals surface area contributed by atoms with Crippen LogP contribution in [0.2, 0.25) is 0 Å². The maximum absolute atomic E-state index is 13.4. The molecule has 2 aliphatic rings. The van der Waals surface area contributed by atoms with E-state index < -0.39 is 21.1 Å². The molecule has 1 aromatic carbocycles. The Kier molecular flexibility index (Phi) is 6.22. The third-order valence-corrected chi connectivity index (χ3v) is 8.81. The quantitative estimate of drug-likeness (QED) is 0.516. The lowest BCUT2D eigenvalue weighted by Gasteiger charge is -2.26. The van der Waals surface area contributed by atoms with Crippen LogP contribution in [-0.2, 0) is 19.4 Å². The summed E-state index contributed by atoms with van der Waals surface area (Å²) in [7, 11) is -2.10. The van der Waals surface area contributed by atoms with Gasteiger partial charge in [0, 0.05) is 31.0 Å². The van der Waals surface area contributed by atoms with Gasteiger partial charge in [0.1, 0.15) is 16.7 Å². The second-order valence-corrected chi connectivity index (χ2v) is 10.9. The van der Waals surface area contributed by atoms with Gasteiger partial charge < -0.3 is 14.8 Å². The van der Waals surface area contributed by atoms with Gasteiger partial charge in [-0.15, -0.1) is 0 Å². The van der Waals surface area contributed by atoms with E-state index in [9.17, 15) is 13.2 Å². The second-order valence-electron chi connectivity index (χ2n) is 8.75. The molecule has 1 aliphatic heterocycles. The van der Waals surface area contributed by atoms with Crippen LogP contribution >= 0.6 is 0 Å². The average molecular weight is 486 g/mol. The van der Waals surface area contributed by atoms with Gasteiger partial charge in [0.15, 0.2) is 15.7 Å². The second kappa shape index (κ2) is 9.30. The largest absolute Gasteiger partial charge is 0.495 e. The number of hydrogen-bond acceptors (Lipinski definition) is 8. The molecular formula is C23H27N5O5S. The number of aromatic nitrogens is 4. The maximum Gasteiger partial charge on any atom is 0.250 e. The maximum atomic E-state index is 13.4. The smallest absolute Gasteiger partial charge is 0.250 e. The van der Waals surface area contributed by atoms with E-state index in [4.69, 9.17) is 9.47 Å². The monoisotopic (exact) mass is 485 g/mol. The lowest BCUT2D eigenvalue weighted by atomic mass is 9.92. The van der Waals surface area contributed by atoms with Crippen LogP contribution in [0.4, 0.5) is 5.82 Å². The molecule has 0 spiro atoms. The summed E-state index contributed by atoms with van der Waals surface area (Å²) in [4.78, 5) is 21.7. The first kappa shape index (κ1) is 22.7. The summed E-state index contributed by atoms with van der Waals surface area (Å²) in [6.07, 6.45) is 9.58. The Hall–Kier alpha value is -3.05. The average Bonchev–Trinajstić information content (AvgIpc) is 3.64. The standard InChI is InChI=1S/C23H27N5O5S/c1-32-20-5-4-18-17(22(20)34(30,31)16-2-3-16)13-26-28(18)19(12-15-6-10-33-11-7-15)23(29)27-21-14-24-8-9-25-21/h4-5,8-9,13-16,19H,2-3,6-7,10-12H2,1H3,(H,25,27,29). The van der Waals surface area contributed by atoms with E-state index in [2.05, 4.69) is 20.4 Å². The molecule has 1 amide bonds. The molecule has 0 radical (unpaired) electrons. The Bertz CT molecular complexity index is 1280. The molecule has 1 N–H and O–H groups in total. The summed E-state index contributed by atoms with van der Waals surface area (Å²) < 4.78 is 39.0. The molecule has 3 heterocycles. The van der Waals surface area contributed by atoms with Crippen molar-refractivity contribution in [3.63, 3.8) is 0 Å². The number of anilines is 1. The van der Waals surface area contributed by atoms with E-state index in [1.165, 1.54) is 31.9 Å². The first-order valence-electron chi connectivity index (χ1n) is 11.4. The summed E-state index contributed by atoms with van der Waals surface area (Å²) in [5.41, 5.74) is 0.575. The van der Waals surface area contributed by atoms with Gasteiger partial charge in [0.2, 0.25) is 5.91 Å². The van der Waals surface area contributed by atoms with E-state index in [-0.39, 0.29) is 16.7 Å². The molecule has 10 nitrogen and oxygen atoms in total. The van der Waals surface area contributed by atoms with Crippen LogP contribution in [-0.4, -0.2) is 59.6 Å². The van der Waals surface area contributed by atoms with Crippen molar-refractivity contribution in [2.75, 3.05) is 25.6 Å². The Morgan fingerprint density at radius 3 is 2.68 bits per heavy atom. The molecule has 2 aromatic heterocycles. The number of carbonyl (C=O) groups is 1. The minimum atomic E-state index is -3.56. The van der Waals surface area contributed by atoms with Crippen LogP contribution < -0.4 is 10.1 Å². The SMILES string of the molecule is COc1ccc2c(cnn2C(CC2CCOCC2)C(=O)Nc2cnccn2)c1S(=O)(=O)C1CC1. The van der Waals surface area contributed by atoms with E-state index in [1.54, 1.807) is 16.8 Å². The number of nitrogens with one attached hydrogen (secondary N) is 1. The highest BCUT2D eigenvalue weighted by atomic mass is 32.2. The summed E-state index contributed by atoms with van der Waals surface area (Å²) in [5.74, 6) is 0.640. The molecule has 1 saturated carbocycles. The van der Waals surface area contributed by atoms with E-state index >= 15 is 0 Å².